The summed E-state index contributed by atoms with van der Waals surface area (Å²) in [6, 6.07) is 0. The van der Waals surface area contributed by atoms with Gasteiger partial charge in [0.2, 0.25) is 0 Å². The summed E-state index contributed by atoms with van der Waals surface area (Å²) in [5, 5.41) is 28.2. The lowest BCUT2D eigenvalue weighted by Crippen LogP contribution is -2.32. The highest BCUT2D eigenvalue weighted by Gasteiger charge is 2.43. The Hall–Kier alpha value is -1.42. The van der Waals surface area contributed by atoms with E-state index in [0.29, 0.717) is 11.2 Å². The highest BCUT2D eigenvalue weighted by molar-refractivity contribution is 8.00. The monoisotopic (exact) mass is 283 g/mol. The van der Waals surface area contributed by atoms with Crippen LogP contribution in [0, 0.1) is 0 Å². The van der Waals surface area contributed by atoms with Crippen molar-refractivity contribution in [2.24, 2.45) is 0 Å². The van der Waals surface area contributed by atoms with E-state index in [2.05, 4.69) is 15.0 Å². The van der Waals surface area contributed by atoms with Gasteiger partial charge in [0.15, 0.2) is 11.5 Å². The summed E-state index contributed by atoms with van der Waals surface area (Å²) in [7, 11) is 0. The van der Waals surface area contributed by atoms with Crippen LogP contribution in [-0.2, 0) is 0 Å². The Morgan fingerprint density at radius 3 is 2.74 bits per heavy atom. The SMILES string of the molecule is Nc1ncnc2c1ncn2[C@@H]1S[C@H](CO)[C@H](O)[C@H]1O. The van der Waals surface area contributed by atoms with Crippen LogP contribution in [0.25, 0.3) is 11.2 Å². The molecule has 0 radical (unpaired) electrons. The molecule has 2 aromatic heterocycles. The largest absolute Gasteiger partial charge is 0.395 e. The predicted octanol–water partition coefficient (Wildman–Crippen LogP) is -1.26. The number of aliphatic hydroxyl groups excluding tert-OH is 3. The first-order valence-corrected chi connectivity index (χ1v) is 6.63. The van der Waals surface area contributed by atoms with E-state index in [1.165, 1.54) is 24.4 Å². The Morgan fingerprint density at radius 1 is 1.26 bits per heavy atom. The number of hydrogen-bond donors (Lipinski definition) is 4. The van der Waals surface area contributed by atoms with Crippen molar-refractivity contribution in [2.45, 2.75) is 22.8 Å². The fraction of sp³-hybridized carbons (Fsp3) is 0.500. The minimum absolute atomic E-state index is 0.205. The fourth-order valence-electron chi connectivity index (χ4n) is 2.17. The summed E-state index contributed by atoms with van der Waals surface area (Å²) in [5.41, 5.74) is 6.65. The van der Waals surface area contributed by atoms with Crippen molar-refractivity contribution in [3.63, 3.8) is 0 Å². The maximum atomic E-state index is 10.1. The van der Waals surface area contributed by atoms with Gasteiger partial charge in [-0.25, -0.2) is 15.0 Å². The smallest absolute Gasteiger partial charge is 0.166 e. The molecule has 19 heavy (non-hydrogen) atoms. The molecule has 0 unspecified atom stereocenters. The molecule has 4 atom stereocenters. The number of nitrogen functional groups attached to an aromatic ring is 1. The van der Waals surface area contributed by atoms with Gasteiger partial charge in [-0.3, -0.25) is 4.57 Å². The lowest BCUT2D eigenvalue weighted by Gasteiger charge is -2.16. The van der Waals surface area contributed by atoms with Crippen molar-refractivity contribution >= 4 is 28.7 Å². The van der Waals surface area contributed by atoms with Crippen molar-refractivity contribution in [1.82, 2.24) is 19.5 Å². The summed E-state index contributed by atoms with van der Waals surface area (Å²) in [6.45, 7) is -0.205. The Kier molecular flexibility index (Phi) is 3.05. The summed E-state index contributed by atoms with van der Waals surface area (Å²) < 4.78 is 1.64. The molecular formula is C10H13N5O3S. The maximum Gasteiger partial charge on any atom is 0.166 e. The van der Waals surface area contributed by atoms with E-state index in [1.807, 2.05) is 0 Å². The van der Waals surface area contributed by atoms with Crippen molar-refractivity contribution in [2.75, 3.05) is 12.3 Å². The predicted molar refractivity (Wildman–Crippen MR) is 69.3 cm³/mol. The molecule has 0 spiro atoms. The summed E-state index contributed by atoms with van der Waals surface area (Å²) in [6.07, 6.45) is 0.831. The van der Waals surface area contributed by atoms with Crippen LogP contribution in [-0.4, -0.2) is 58.9 Å². The van der Waals surface area contributed by atoms with Crippen molar-refractivity contribution in [3.05, 3.63) is 12.7 Å². The molecule has 3 rings (SSSR count). The molecule has 5 N–H and O–H groups in total. The highest BCUT2D eigenvalue weighted by atomic mass is 32.2. The number of aromatic nitrogens is 4. The van der Waals surface area contributed by atoms with Crippen LogP contribution in [0.3, 0.4) is 0 Å². The third-order valence-corrected chi connectivity index (χ3v) is 4.74. The zero-order chi connectivity index (χ0) is 13.6. The second-order valence-electron chi connectivity index (χ2n) is 4.31. The maximum absolute atomic E-state index is 10.1. The van der Waals surface area contributed by atoms with Gasteiger partial charge in [0.05, 0.1) is 24.3 Å². The molecule has 0 amide bonds. The van der Waals surface area contributed by atoms with Gasteiger partial charge in [-0.2, -0.15) is 0 Å². The van der Waals surface area contributed by atoms with E-state index in [1.54, 1.807) is 4.57 Å². The summed E-state index contributed by atoms with van der Waals surface area (Å²) in [5.74, 6) is 0.264. The van der Waals surface area contributed by atoms with Crippen LogP contribution >= 0.6 is 11.8 Å². The molecule has 1 fully saturated rings. The van der Waals surface area contributed by atoms with E-state index in [-0.39, 0.29) is 12.4 Å². The zero-order valence-corrected chi connectivity index (χ0v) is 10.6. The zero-order valence-electron chi connectivity index (χ0n) is 9.79. The van der Waals surface area contributed by atoms with Gasteiger partial charge >= 0.3 is 0 Å². The molecule has 8 nitrogen and oxygen atoms in total. The topological polar surface area (TPSA) is 130 Å². The lowest BCUT2D eigenvalue weighted by molar-refractivity contribution is 0.0113. The first kappa shape index (κ1) is 12.6. The van der Waals surface area contributed by atoms with Gasteiger partial charge in [0.1, 0.15) is 23.3 Å². The quantitative estimate of drug-likeness (QED) is 0.537. The van der Waals surface area contributed by atoms with Crippen LogP contribution in [0.15, 0.2) is 12.7 Å². The summed E-state index contributed by atoms with van der Waals surface area (Å²) in [4.78, 5) is 12.1. The molecule has 0 aromatic carbocycles. The van der Waals surface area contributed by atoms with Gasteiger partial charge < -0.3 is 21.1 Å². The van der Waals surface area contributed by atoms with E-state index in [0.717, 1.165) is 0 Å². The number of rotatable bonds is 2. The van der Waals surface area contributed by atoms with Crippen molar-refractivity contribution in [3.8, 4) is 0 Å². The van der Waals surface area contributed by atoms with E-state index in [4.69, 9.17) is 10.8 Å². The number of hydrogen-bond acceptors (Lipinski definition) is 8. The van der Waals surface area contributed by atoms with Crippen LogP contribution in [0.5, 0.6) is 0 Å². The standard InChI is InChI=1S/C10H13N5O3S/c11-8-5-9(13-2-12-8)15(3-14-5)10-7(18)6(17)4(1-16)19-10/h2-4,6-7,10,16-18H,1H2,(H2,11,12,13)/t4-,6+,7-,10-/m1/s1. The number of imidazole rings is 1. The van der Waals surface area contributed by atoms with E-state index in [9.17, 15) is 10.2 Å². The van der Waals surface area contributed by atoms with Crippen LogP contribution < -0.4 is 5.73 Å². The molecule has 1 aliphatic rings. The van der Waals surface area contributed by atoms with Gasteiger partial charge in [0.25, 0.3) is 0 Å². The van der Waals surface area contributed by atoms with Crippen LogP contribution in [0.1, 0.15) is 5.37 Å². The number of aliphatic hydroxyl groups is 3. The highest BCUT2D eigenvalue weighted by Crippen LogP contribution is 2.42. The molecule has 1 aliphatic heterocycles. The Morgan fingerprint density at radius 2 is 2.05 bits per heavy atom. The first-order valence-electron chi connectivity index (χ1n) is 5.69. The molecule has 0 saturated carbocycles. The molecule has 3 heterocycles. The van der Waals surface area contributed by atoms with Gasteiger partial charge in [0, 0.05) is 0 Å². The van der Waals surface area contributed by atoms with E-state index < -0.39 is 22.8 Å². The molecule has 0 bridgehead atoms. The van der Waals surface area contributed by atoms with Crippen molar-refractivity contribution in [1.29, 1.82) is 0 Å². The molecule has 1 saturated heterocycles. The Labute approximate surface area is 112 Å². The number of anilines is 1. The van der Waals surface area contributed by atoms with Gasteiger partial charge in [-0.1, -0.05) is 0 Å². The second kappa shape index (κ2) is 4.60. The Bertz CT molecular complexity index is 606. The molecule has 0 aliphatic carbocycles. The van der Waals surface area contributed by atoms with Gasteiger partial charge in [-0.05, 0) is 0 Å². The number of fused-ring (bicyclic) bond motifs is 1. The second-order valence-corrected chi connectivity index (χ2v) is 5.67. The van der Waals surface area contributed by atoms with Crippen molar-refractivity contribution < 1.29 is 15.3 Å². The Balaban J connectivity index is 2.04. The average molecular weight is 283 g/mol. The number of nitrogens with zero attached hydrogens (tertiary/aromatic N) is 4. The molecule has 9 heteroatoms. The fourth-order valence-corrected chi connectivity index (χ4v) is 3.54. The first-order chi connectivity index (χ1) is 9.13. The average Bonchev–Trinajstić information content (AvgIpc) is 2.94. The number of thioether (sulfide) groups is 1. The number of nitrogens with two attached hydrogens (primary N) is 1. The van der Waals surface area contributed by atoms with Crippen LogP contribution in [0.4, 0.5) is 5.82 Å². The minimum Gasteiger partial charge on any atom is -0.395 e. The lowest BCUT2D eigenvalue weighted by atomic mass is 10.1. The molecule has 102 valence electrons. The summed E-state index contributed by atoms with van der Waals surface area (Å²) >= 11 is 1.28. The van der Waals surface area contributed by atoms with Crippen LogP contribution in [0.2, 0.25) is 0 Å². The normalized spacial score (nSPS) is 31.1. The molecule has 2 aromatic rings. The third-order valence-electron chi connectivity index (χ3n) is 3.18. The van der Waals surface area contributed by atoms with Gasteiger partial charge in [-0.15, -0.1) is 11.8 Å². The minimum atomic E-state index is -1.00. The molecular weight excluding hydrogens is 270 g/mol. The van der Waals surface area contributed by atoms with E-state index >= 15 is 0 Å². The third kappa shape index (κ3) is 1.86.